The second kappa shape index (κ2) is 6.19. The van der Waals surface area contributed by atoms with Crippen LogP contribution in [-0.2, 0) is 11.3 Å². The van der Waals surface area contributed by atoms with Gasteiger partial charge < -0.3 is 10.5 Å². The van der Waals surface area contributed by atoms with Crippen molar-refractivity contribution in [2.24, 2.45) is 5.92 Å². The third-order valence-corrected chi connectivity index (χ3v) is 3.99. The van der Waals surface area contributed by atoms with E-state index in [9.17, 15) is 0 Å². The maximum Gasteiger partial charge on any atom is 0.0891 e. The second-order valence-electron chi connectivity index (χ2n) is 5.45. The van der Waals surface area contributed by atoms with Gasteiger partial charge in [0.15, 0.2) is 0 Å². The molecule has 1 saturated carbocycles. The lowest BCUT2D eigenvalue weighted by molar-refractivity contribution is 0.0717. The molecule has 3 heteroatoms. The van der Waals surface area contributed by atoms with E-state index in [1.165, 1.54) is 32.1 Å². The van der Waals surface area contributed by atoms with Crippen LogP contribution in [0.3, 0.4) is 0 Å². The van der Waals surface area contributed by atoms with Gasteiger partial charge in [0.2, 0.25) is 0 Å². The zero-order valence-electron chi connectivity index (χ0n) is 11.5. The number of ether oxygens (including phenoxy) is 1. The van der Waals surface area contributed by atoms with Gasteiger partial charge in [-0.1, -0.05) is 19.3 Å². The molecule has 1 aromatic heterocycles. The molecule has 3 nitrogen and oxygen atoms in total. The molecule has 0 atom stereocenters. The fourth-order valence-corrected chi connectivity index (χ4v) is 2.61. The Labute approximate surface area is 110 Å². The van der Waals surface area contributed by atoms with E-state index in [0.717, 1.165) is 35.0 Å². The Morgan fingerprint density at radius 1 is 1.28 bits per heavy atom. The van der Waals surface area contributed by atoms with Crippen molar-refractivity contribution in [3.63, 3.8) is 0 Å². The zero-order chi connectivity index (χ0) is 13.0. The summed E-state index contributed by atoms with van der Waals surface area (Å²) in [4.78, 5) is 4.42. The summed E-state index contributed by atoms with van der Waals surface area (Å²) in [6, 6.07) is 0. The van der Waals surface area contributed by atoms with Crippen LogP contribution in [0.5, 0.6) is 0 Å². The number of aromatic nitrogens is 1. The SMILES string of the molecule is Cc1cnc(COCC2CCCCC2)c(C)c1N. The molecular weight excluding hydrogens is 224 g/mol. The summed E-state index contributed by atoms with van der Waals surface area (Å²) in [6.45, 7) is 5.47. The van der Waals surface area contributed by atoms with Crippen LogP contribution in [0.15, 0.2) is 6.20 Å². The lowest BCUT2D eigenvalue weighted by Crippen LogP contribution is -2.14. The molecule has 0 spiro atoms. The average molecular weight is 248 g/mol. The number of nitrogens with two attached hydrogens (primary N) is 1. The van der Waals surface area contributed by atoms with Crippen LogP contribution in [0, 0.1) is 19.8 Å². The number of hydrogen-bond acceptors (Lipinski definition) is 3. The van der Waals surface area contributed by atoms with Crippen molar-refractivity contribution in [3.05, 3.63) is 23.0 Å². The molecule has 0 amide bonds. The molecule has 1 aromatic rings. The van der Waals surface area contributed by atoms with Crippen LogP contribution in [0.4, 0.5) is 5.69 Å². The lowest BCUT2D eigenvalue weighted by atomic mass is 9.90. The van der Waals surface area contributed by atoms with E-state index >= 15 is 0 Å². The molecule has 1 aliphatic rings. The van der Waals surface area contributed by atoms with E-state index < -0.39 is 0 Å². The largest absolute Gasteiger partial charge is 0.398 e. The molecule has 1 fully saturated rings. The van der Waals surface area contributed by atoms with Gasteiger partial charge in [0.1, 0.15) is 0 Å². The highest BCUT2D eigenvalue weighted by Crippen LogP contribution is 2.24. The Morgan fingerprint density at radius 2 is 2.00 bits per heavy atom. The summed E-state index contributed by atoms with van der Waals surface area (Å²) < 4.78 is 5.82. The van der Waals surface area contributed by atoms with Crippen LogP contribution in [-0.4, -0.2) is 11.6 Å². The van der Waals surface area contributed by atoms with Crippen LogP contribution >= 0.6 is 0 Å². The van der Waals surface area contributed by atoms with Crippen molar-refractivity contribution in [1.82, 2.24) is 4.98 Å². The fraction of sp³-hybridized carbons (Fsp3) is 0.667. The molecule has 0 unspecified atom stereocenters. The Bertz CT molecular complexity index is 398. The number of nitrogens with zero attached hydrogens (tertiary/aromatic N) is 1. The topological polar surface area (TPSA) is 48.1 Å². The number of rotatable bonds is 4. The first-order valence-electron chi connectivity index (χ1n) is 6.96. The summed E-state index contributed by atoms with van der Waals surface area (Å²) in [7, 11) is 0. The third-order valence-electron chi connectivity index (χ3n) is 3.99. The Kier molecular flexibility index (Phi) is 4.59. The predicted molar refractivity (Wildman–Crippen MR) is 74.4 cm³/mol. The fourth-order valence-electron chi connectivity index (χ4n) is 2.61. The molecule has 0 bridgehead atoms. The summed E-state index contributed by atoms with van der Waals surface area (Å²) in [5.74, 6) is 0.752. The highest BCUT2D eigenvalue weighted by atomic mass is 16.5. The number of nitrogen functional groups attached to an aromatic ring is 1. The number of hydrogen-bond donors (Lipinski definition) is 1. The van der Waals surface area contributed by atoms with Crippen molar-refractivity contribution in [1.29, 1.82) is 0 Å². The molecule has 0 radical (unpaired) electrons. The van der Waals surface area contributed by atoms with Gasteiger partial charge in [0, 0.05) is 18.5 Å². The number of pyridine rings is 1. The monoisotopic (exact) mass is 248 g/mol. The molecule has 1 aliphatic carbocycles. The minimum Gasteiger partial charge on any atom is -0.398 e. The van der Waals surface area contributed by atoms with Gasteiger partial charge in [-0.05, 0) is 43.7 Å². The molecule has 1 heterocycles. The van der Waals surface area contributed by atoms with Gasteiger partial charge in [0.05, 0.1) is 12.3 Å². The summed E-state index contributed by atoms with van der Waals surface area (Å²) in [5.41, 5.74) is 9.94. The van der Waals surface area contributed by atoms with Crippen LogP contribution in [0.25, 0.3) is 0 Å². The Morgan fingerprint density at radius 3 is 2.72 bits per heavy atom. The van der Waals surface area contributed by atoms with E-state index in [4.69, 9.17) is 10.5 Å². The van der Waals surface area contributed by atoms with E-state index in [2.05, 4.69) is 4.98 Å². The van der Waals surface area contributed by atoms with Crippen molar-refractivity contribution >= 4 is 5.69 Å². The van der Waals surface area contributed by atoms with Crippen molar-refractivity contribution in [3.8, 4) is 0 Å². The van der Waals surface area contributed by atoms with Gasteiger partial charge in [-0.25, -0.2) is 0 Å². The van der Waals surface area contributed by atoms with E-state index in [0.29, 0.717) is 6.61 Å². The molecule has 18 heavy (non-hydrogen) atoms. The molecule has 0 saturated heterocycles. The predicted octanol–water partition coefficient (Wildman–Crippen LogP) is 3.38. The maximum atomic E-state index is 6.00. The van der Waals surface area contributed by atoms with Crippen LogP contribution < -0.4 is 5.73 Å². The zero-order valence-corrected chi connectivity index (χ0v) is 11.5. The highest BCUT2D eigenvalue weighted by molar-refractivity contribution is 5.53. The van der Waals surface area contributed by atoms with Gasteiger partial charge in [0.25, 0.3) is 0 Å². The molecule has 2 N–H and O–H groups in total. The van der Waals surface area contributed by atoms with E-state index in [1.807, 2.05) is 20.0 Å². The van der Waals surface area contributed by atoms with E-state index in [-0.39, 0.29) is 0 Å². The molecule has 0 aliphatic heterocycles. The molecule has 0 aromatic carbocycles. The van der Waals surface area contributed by atoms with Gasteiger partial charge >= 0.3 is 0 Å². The van der Waals surface area contributed by atoms with Crippen LogP contribution in [0.1, 0.15) is 48.9 Å². The summed E-state index contributed by atoms with van der Waals surface area (Å²) in [6.07, 6.45) is 8.60. The average Bonchev–Trinajstić information content (AvgIpc) is 2.40. The first-order valence-corrected chi connectivity index (χ1v) is 6.96. The number of aryl methyl sites for hydroxylation is 1. The summed E-state index contributed by atoms with van der Waals surface area (Å²) in [5, 5.41) is 0. The van der Waals surface area contributed by atoms with Crippen molar-refractivity contribution in [2.45, 2.75) is 52.6 Å². The Hall–Kier alpha value is -1.09. The smallest absolute Gasteiger partial charge is 0.0891 e. The molecule has 100 valence electrons. The summed E-state index contributed by atoms with van der Waals surface area (Å²) >= 11 is 0. The standard InChI is InChI=1S/C15H24N2O/c1-11-8-17-14(12(2)15(11)16)10-18-9-13-6-4-3-5-7-13/h8,13H,3-7,9-10H2,1-2H3,(H2,16,17). The minimum atomic E-state index is 0.590. The van der Waals surface area contributed by atoms with Gasteiger partial charge in [-0.15, -0.1) is 0 Å². The lowest BCUT2D eigenvalue weighted by Gasteiger charge is -2.21. The first-order chi connectivity index (χ1) is 8.68. The normalized spacial score (nSPS) is 17.0. The van der Waals surface area contributed by atoms with E-state index in [1.54, 1.807) is 0 Å². The van der Waals surface area contributed by atoms with Crippen molar-refractivity contribution in [2.75, 3.05) is 12.3 Å². The molecular formula is C15H24N2O. The maximum absolute atomic E-state index is 6.00. The second-order valence-corrected chi connectivity index (χ2v) is 5.45. The molecule has 2 rings (SSSR count). The number of anilines is 1. The minimum absolute atomic E-state index is 0.590. The Balaban J connectivity index is 1.84. The van der Waals surface area contributed by atoms with Crippen molar-refractivity contribution < 1.29 is 4.74 Å². The first kappa shape index (κ1) is 13.3. The highest BCUT2D eigenvalue weighted by Gasteiger charge is 2.14. The van der Waals surface area contributed by atoms with Crippen LogP contribution in [0.2, 0.25) is 0 Å². The quantitative estimate of drug-likeness (QED) is 0.888. The van der Waals surface area contributed by atoms with Gasteiger partial charge in [-0.2, -0.15) is 0 Å². The van der Waals surface area contributed by atoms with Gasteiger partial charge in [-0.3, -0.25) is 4.98 Å². The third kappa shape index (κ3) is 3.22.